The summed E-state index contributed by atoms with van der Waals surface area (Å²) in [5.74, 6) is -0.0702. The molecule has 0 aliphatic heterocycles. The average Bonchev–Trinajstić information content (AvgIpc) is 2.65. The highest BCUT2D eigenvalue weighted by Gasteiger charge is 2.28. The van der Waals surface area contributed by atoms with Crippen molar-refractivity contribution < 1.29 is 22.7 Å². The van der Waals surface area contributed by atoms with E-state index in [0.717, 1.165) is 6.42 Å². The molecular formula is C15H22N8O5S. The van der Waals surface area contributed by atoms with Gasteiger partial charge in [-0.1, -0.05) is 6.92 Å². The van der Waals surface area contributed by atoms with Crippen molar-refractivity contribution in [3.63, 3.8) is 0 Å². The second kappa shape index (κ2) is 9.77. The van der Waals surface area contributed by atoms with E-state index in [-0.39, 0.29) is 41.0 Å². The molecule has 0 unspecified atom stereocenters. The van der Waals surface area contributed by atoms with Gasteiger partial charge in [0.2, 0.25) is 11.8 Å². The number of ether oxygens (including phenoxy) is 2. The van der Waals surface area contributed by atoms with Crippen LogP contribution in [-0.2, 0) is 10.0 Å². The predicted molar refractivity (Wildman–Crippen MR) is 102 cm³/mol. The van der Waals surface area contributed by atoms with E-state index in [1.807, 2.05) is 11.6 Å². The van der Waals surface area contributed by atoms with Crippen LogP contribution < -0.4 is 24.8 Å². The first-order valence-electron chi connectivity index (χ1n) is 8.62. The highest BCUT2D eigenvalue weighted by molar-refractivity contribution is 7.90. The van der Waals surface area contributed by atoms with E-state index in [1.165, 1.54) is 13.4 Å². The van der Waals surface area contributed by atoms with E-state index in [9.17, 15) is 13.2 Å². The van der Waals surface area contributed by atoms with Gasteiger partial charge in [0, 0.05) is 6.54 Å². The largest absolute Gasteiger partial charge is 0.477 e. The number of amides is 2. The van der Waals surface area contributed by atoms with Gasteiger partial charge in [-0.15, -0.1) is 0 Å². The Kier molecular flexibility index (Phi) is 7.41. The molecule has 29 heavy (non-hydrogen) atoms. The van der Waals surface area contributed by atoms with E-state index in [0.29, 0.717) is 6.54 Å². The third-order valence-corrected chi connectivity index (χ3v) is 4.58. The van der Waals surface area contributed by atoms with Gasteiger partial charge in [0.05, 0.1) is 13.7 Å². The van der Waals surface area contributed by atoms with Crippen LogP contribution in [0.1, 0.15) is 26.1 Å². The predicted octanol–water partition coefficient (Wildman–Crippen LogP) is 0.710. The van der Waals surface area contributed by atoms with Crippen LogP contribution in [0.15, 0.2) is 11.2 Å². The molecule has 0 saturated heterocycles. The lowest BCUT2D eigenvalue weighted by Crippen LogP contribution is -2.36. The van der Waals surface area contributed by atoms with Crippen LogP contribution >= 0.6 is 0 Å². The maximum atomic E-state index is 12.9. The molecule has 0 aliphatic carbocycles. The molecule has 2 aromatic rings. The molecule has 2 aromatic heterocycles. The Morgan fingerprint density at radius 1 is 1.17 bits per heavy atom. The Hall–Kier alpha value is -3.29. The molecule has 0 aromatic carbocycles. The summed E-state index contributed by atoms with van der Waals surface area (Å²) in [6.45, 7) is 5.77. The van der Waals surface area contributed by atoms with Gasteiger partial charge in [0.25, 0.3) is 10.0 Å². The van der Waals surface area contributed by atoms with Crippen LogP contribution in [0.2, 0.25) is 0 Å². The molecule has 3 N–H and O–H groups in total. The summed E-state index contributed by atoms with van der Waals surface area (Å²) in [5.41, 5.74) is 0. The highest BCUT2D eigenvalue weighted by atomic mass is 32.2. The SMILES string of the molecule is CCCNc1ncnc(OCC)c1S(=O)(=O)NC(=O)Nc1nc(C)nc(OC)n1. The number of hydrogen-bond acceptors (Lipinski definition) is 11. The zero-order valence-corrected chi connectivity index (χ0v) is 17.2. The summed E-state index contributed by atoms with van der Waals surface area (Å²) in [7, 11) is -3.05. The highest BCUT2D eigenvalue weighted by Crippen LogP contribution is 2.27. The van der Waals surface area contributed by atoms with Crippen molar-refractivity contribution in [2.75, 3.05) is 30.9 Å². The van der Waals surface area contributed by atoms with Gasteiger partial charge in [0.15, 0.2) is 10.7 Å². The number of carbonyl (C=O) groups is 1. The average molecular weight is 426 g/mol. The molecule has 0 spiro atoms. The molecule has 2 heterocycles. The summed E-state index contributed by atoms with van der Waals surface area (Å²) >= 11 is 0. The maximum Gasteiger partial charge on any atom is 0.335 e. The number of hydrogen-bond donors (Lipinski definition) is 3. The van der Waals surface area contributed by atoms with Crippen LogP contribution in [0.5, 0.6) is 11.9 Å². The second-order valence-electron chi connectivity index (χ2n) is 5.47. The van der Waals surface area contributed by atoms with Crippen molar-refractivity contribution in [2.45, 2.75) is 32.1 Å². The number of nitrogens with zero attached hydrogens (tertiary/aromatic N) is 5. The first-order valence-corrected chi connectivity index (χ1v) is 10.1. The third-order valence-electron chi connectivity index (χ3n) is 3.23. The lowest BCUT2D eigenvalue weighted by Gasteiger charge is -2.15. The summed E-state index contributed by atoms with van der Waals surface area (Å²) in [5, 5.41) is 5.11. The molecule has 14 heteroatoms. The number of nitrogens with one attached hydrogen (secondary N) is 3. The van der Waals surface area contributed by atoms with Crippen molar-refractivity contribution in [3.8, 4) is 11.9 Å². The van der Waals surface area contributed by atoms with Gasteiger partial charge >= 0.3 is 12.0 Å². The quantitative estimate of drug-likeness (QED) is 0.516. The molecule has 158 valence electrons. The van der Waals surface area contributed by atoms with Crippen molar-refractivity contribution in [2.24, 2.45) is 0 Å². The number of methoxy groups -OCH3 is 1. The van der Waals surface area contributed by atoms with Crippen LogP contribution in [0.3, 0.4) is 0 Å². The van der Waals surface area contributed by atoms with Crippen molar-refractivity contribution in [3.05, 3.63) is 12.2 Å². The Balaban J connectivity index is 2.30. The molecule has 2 amide bonds. The van der Waals surface area contributed by atoms with Gasteiger partial charge in [-0.25, -0.2) is 27.9 Å². The molecule has 0 saturated carbocycles. The van der Waals surface area contributed by atoms with Crippen molar-refractivity contribution in [1.82, 2.24) is 29.6 Å². The summed E-state index contributed by atoms with van der Waals surface area (Å²) in [4.78, 5) is 31.3. The van der Waals surface area contributed by atoms with Crippen LogP contribution in [0.4, 0.5) is 16.6 Å². The Bertz CT molecular complexity index is 969. The van der Waals surface area contributed by atoms with Gasteiger partial charge in [-0.2, -0.15) is 15.0 Å². The fourth-order valence-corrected chi connectivity index (χ4v) is 3.23. The van der Waals surface area contributed by atoms with E-state index >= 15 is 0 Å². The first-order chi connectivity index (χ1) is 13.8. The Morgan fingerprint density at radius 2 is 1.93 bits per heavy atom. The molecule has 13 nitrogen and oxygen atoms in total. The molecule has 0 bridgehead atoms. The fraction of sp³-hybridized carbons (Fsp3) is 0.467. The smallest absolute Gasteiger partial charge is 0.335 e. The van der Waals surface area contributed by atoms with E-state index in [1.54, 1.807) is 13.8 Å². The van der Waals surface area contributed by atoms with Gasteiger partial charge in [0.1, 0.15) is 12.2 Å². The van der Waals surface area contributed by atoms with Gasteiger partial charge in [-0.3, -0.25) is 5.32 Å². The zero-order valence-electron chi connectivity index (χ0n) is 16.4. The summed E-state index contributed by atoms with van der Waals surface area (Å²) in [6.07, 6.45) is 1.89. The lowest BCUT2D eigenvalue weighted by atomic mass is 10.4. The molecule has 0 atom stereocenters. The normalized spacial score (nSPS) is 10.9. The maximum absolute atomic E-state index is 12.9. The Labute approximate surface area is 167 Å². The van der Waals surface area contributed by atoms with Crippen LogP contribution in [0.25, 0.3) is 0 Å². The van der Waals surface area contributed by atoms with Crippen LogP contribution in [-0.4, -0.2) is 59.6 Å². The van der Waals surface area contributed by atoms with Gasteiger partial charge < -0.3 is 14.8 Å². The van der Waals surface area contributed by atoms with Crippen LogP contribution in [0, 0.1) is 6.92 Å². The fourth-order valence-electron chi connectivity index (χ4n) is 2.11. The number of carbonyl (C=O) groups excluding carboxylic acids is 1. The summed E-state index contributed by atoms with van der Waals surface area (Å²) in [6, 6.07) is -1.12. The zero-order chi connectivity index (χ0) is 21.4. The van der Waals surface area contributed by atoms with Crippen molar-refractivity contribution in [1.29, 1.82) is 0 Å². The molecule has 0 fully saturated rings. The Morgan fingerprint density at radius 3 is 2.59 bits per heavy atom. The minimum atomic E-state index is -4.40. The molecule has 0 radical (unpaired) electrons. The number of sulfonamides is 1. The molecule has 2 rings (SSSR count). The third kappa shape index (κ3) is 5.84. The van der Waals surface area contributed by atoms with Gasteiger partial charge in [-0.05, 0) is 20.3 Å². The first kappa shape index (κ1) is 22.0. The molecule has 0 aliphatic rings. The number of rotatable bonds is 9. The topological polar surface area (TPSA) is 170 Å². The number of anilines is 2. The lowest BCUT2D eigenvalue weighted by molar-refractivity contribution is 0.256. The van der Waals surface area contributed by atoms with E-state index in [4.69, 9.17) is 9.47 Å². The number of urea groups is 1. The summed E-state index contributed by atoms with van der Waals surface area (Å²) < 4.78 is 37.8. The number of aryl methyl sites for hydroxylation is 1. The minimum absolute atomic E-state index is 0.0169. The van der Waals surface area contributed by atoms with E-state index < -0.39 is 16.1 Å². The molecular weight excluding hydrogens is 404 g/mol. The number of aromatic nitrogens is 5. The standard InChI is InChI=1S/C15H22N8O5S/c1-5-7-16-11-10(12(28-6-2)18-8-17-11)29(25,26)23-14(24)21-13-19-9(3)20-15(22-13)27-4/h8H,5-7H2,1-4H3,(H,16,17,18)(H2,19,20,21,22,23,24). The van der Waals surface area contributed by atoms with E-state index in [2.05, 4.69) is 35.6 Å². The second-order valence-corrected chi connectivity index (χ2v) is 7.09. The monoisotopic (exact) mass is 426 g/mol. The van der Waals surface area contributed by atoms with Crippen molar-refractivity contribution >= 4 is 27.8 Å². The minimum Gasteiger partial charge on any atom is -0.477 e.